The van der Waals surface area contributed by atoms with Crippen LogP contribution in [0.15, 0.2) is 12.2 Å². The summed E-state index contributed by atoms with van der Waals surface area (Å²) in [6.07, 6.45) is 5.86. The van der Waals surface area contributed by atoms with Crippen LogP contribution in [0, 0.1) is 0 Å². The lowest BCUT2D eigenvalue weighted by atomic mass is 10.2. The molecule has 20 heavy (non-hydrogen) atoms. The van der Waals surface area contributed by atoms with Crippen LogP contribution in [0.25, 0.3) is 0 Å². The minimum absolute atomic E-state index is 0.200. The third kappa shape index (κ3) is 5.97. The third-order valence-corrected chi connectivity index (χ3v) is 2.83. The summed E-state index contributed by atoms with van der Waals surface area (Å²) < 4.78 is 10.2. The summed E-state index contributed by atoms with van der Waals surface area (Å²) in [5, 5.41) is 0. The summed E-state index contributed by atoms with van der Waals surface area (Å²) in [5.74, 6) is -0.849. The van der Waals surface area contributed by atoms with Gasteiger partial charge in [-0.1, -0.05) is 19.8 Å². The maximum atomic E-state index is 11.3. The van der Waals surface area contributed by atoms with E-state index >= 15 is 0 Å². The van der Waals surface area contributed by atoms with Gasteiger partial charge in [0.25, 0.3) is 11.8 Å². The van der Waals surface area contributed by atoms with Crippen LogP contribution in [-0.4, -0.2) is 49.0 Å². The minimum Gasteiger partial charge on any atom is -0.463 e. The zero-order chi connectivity index (χ0) is 14.8. The number of hydrogen-bond donors (Lipinski definition) is 0. The number of esters is 1. The highest BCUT2D eigenvalue weighted by molar-refractivity contribution is 6.12. The Bertz CT molecular complexity index is 360. The average Bonchev–Trinajstić information content (AvgIpc) is 2.74. The van der Waals surface area contributed by atoms with E-state index in [0.717, 1.165) is 24.2 Å². The maximum Gasteiger partial charge on any atom is 0.305 e. The topological polar surface area (TPSA) is 72.9 Å². The van der Waals surface area contributed by atoms with Crippen molar-refractivity contribution in [3.63, 3.8) is 0 Å². The highest BCUT2D eigenvalue weighted by atomic mass is 16.6. The van der Waals surface area contributed by atoms with Gasteiger partial charge in [0.1, 0.15) is 6.61 Å². The van der Waals surface area contributed by atoms with Crippen LogP contribution in [0.3, 0.4) is 0 Å². The molecule has 0 unspecified atom stereocenters. The van der Waals surface area contributed by atoms with E-state index in [-0.39, 0.29) is 44.1 Å². The monoisotopic (exact) mass is 283 g/mol. The number of carbonyl (C=O) groups is 3. The number of carbonyl (C=O) groups excluding carboxylic acids is 3. The highest BCUT2D eigenvalue weighted by Gasteiger charge is 2.22. The molecule has 1 rings (SSSR count). The van der Waals surface area contributed by atoms with Crippen LogP contribution in [0.4, 0.5) is 0 Å². The van der Waals surface area contributed by atoms with E-state index in [1.807, 2.05) is 0 Å². The van der Waals surface area contributed by atoms with Gasteiger partial charge >= 0.3 is 5.97 Å². The Morgan fingerprint density at radius 1 is 1.10 bits per heavy atom. The second-order valence-corrected chi connectivity index (χ2v) is 4.45. The molecular formula is C14H21NO5. The first-order valence-corrected chi connectivity index (χ1v) is 6.92. The van der Waals surface area contributed by atoms with Gasteiger partial charge in [-0.3, -0.25) is 19.3 Å². The molecule has 2 amide bonds. The van der Waals surface area contributed by atoms with Crippen LogP contribution in [0.5, 0.6) is 0 Å². The Morgan fingerprint density at radius 2 is 1.80 bits per heavy atom. The first-order valence-electron chi connectivity index (χ1n) is 6.92. The Hall–Kier alpha value is -1.69. The number of rotatable bonds is 10. The number of unbranched alkanes of at least 4 members (excludes halogenated alkanes) is 2. The van der Waals surface area contributed by atoms with Crippen molar-refractivity contribution in [2.45, 2.75) is 32.6 Å². The molecule has 0 atom stereocenters. The van der Waals surface area contributed by atoms with E-state index in [2.05, 4.69) is 6.92 Å². The first-order chi connectivity index (χ1) is 9.65. The number of ether oxygens (including phenoxy) is 2. The third-order valence-electron chi connectivity index (χ3n) is 2.83. The molecule has 0 aromatic carbocycles. The van der Waals surface area contributed by atoms with Gasteiger partial charge in [0, 0.05) is 18.6 Å². The minimum atomic E-state index is -0.319. The van der Waals surface area contributed by atoms with Crippen LogP contribution >= 0.6 is 0 Å². The molecule has 6 heteroatoms. The molecule has 0 bridgehead atoms. The second kappa shape index (κ2) is 9.25. The van der Waals surface area contributed by atoms with Crippen molar-refractivity contribution < 1.29 is 23.9 Å². The highest BCUT2D eigenvalue weighted by Crippen LogP contribution is 2.02. The Kier molecular flexibility index (Phi) is 7.57. The summed E-state index contributed by atoms with van der Waals surface area (Å²) in [6, 6.07) is 0. The fourth-order valence-corrected chi connectivity index (χ4v) is 1.72. The fraction of sp³-hybridized carbons (Fsp3) is 0.643. The van der Waals surface area contributed by atoms with Crippen molar-refractivity contribution in [3.8, 4) is 0 Å². The number of nitrogens with zero attached hydrogens (tertiary/aromatic N) is 1. The van der Waals surface area contributed by atoms with Crippen molar-refractivity contribution >= 4 is 17.8 Å². The molecule has 0 N–H and O–H groups in total. The largest absolute Gasteiger partial charge is 0.463 e. The molecule has 0 aromatic rings. The molecule has 112 valence electrons. The Morgan fingerprint density at radius 3 is 2.45 bits per heavy atom. The molecule has 6 nitrogen and oxygen atoms in total. The summed E-state index contributed by atoms with van der Waals surface area (Å²) in [7, 11) is 0. The first kappa shape index (κ1) is 16.4. The van der Waals surface area contributed by atoms with Crippen LogP contribution in [0.2, 0.25) is 0 Å². The van der Waals surface area contributed by atoms with Gasteiger partial charge in [-0.05, 0) is 6.42 Å². The molecule has 0 aromatic heterocycles. The van der Waals surface area contributed by atoms with E-state index in [1.165, 1.54) is 12.2 Å². The molecule has 0 aliphatic carbocycles. The summed E-state index contributed by atoms with van der Waals surface area (Å²) in [6.45, 7) is 3.00. The SMILES string of the molecule is CCCCCC(=O)OCCOCCN1C(=O)C=CC1=O. The van der Waals surface area contributed by atoms with Gasteiger partial charge in [0.2, 0.25) is 0 Å². The Balaban J connectivity index is 1.96. The van der Waals surface area contributed by atoms with Crippen LogP contribution in [0.1, 0.15) is 32.6 Å². The number of imide groups is 1. The van der Waals surface area contributed by atoms with Crippen molar-refractivity contribution in [2.24, 2.45) is 0 Å². The molecule has 0 spiro atoms. The molecule has 0 saturated heterocycles. The van der Waals surface area contributed by atoms with Crippen molar-refractivity contribution in [3.05, 3.63) is 12.2 Å². The van der Waals surface area contributed by atoms with Gasteiger partial charge in [-0.15, -0.1) is 0 Å². The van der Waals surface area contributed by atoms with E-state index in [4.69, 9.17) is 9.47 Å². The van der Waals surface area contributed by atoms with Crippen LogP contribution < -0.4 is 0 Å². The quantitative estimate of drug-likeness (QED) is 0.340. The molecule has 0 fully saturated rings. The van der Waals surface area contributed by atoms with Crippen molar-refractivity contribution in [1.82, 2.24) is 4.90 Å². The van der Waals surface area contributed by atoms with E-state index < -0.39 is 0 Å². The zero-order valence-corrected chi connectivity index (χ0v) is 11.8. The van der Waals surface area contributed by atoms with E-state index in [1.54, 1.807) is 0 Å². The smallest absolute Gasteiger partial charge is 0.305 e. The van der Waals surface area contributed by atoms with E-state index in [9.17, 15) is 14.4 Å². The van der Waals surface area contributed by atoms with Gasteiger partial charge < -0.3 is 9.47 Å². The molecule has 1 aliphatic heterocycles. The van der Waals surface area contributed by atoms with Crippen molar-refractivity contribution in [1.29, 1.82) is 0 Å². The number of hydrogen-bond acceptors (Lipinski definition) is 5. The predicted octanol–water partition coefficient (Wildman–Crippen LogP) is 1.05. The molecule has 1 heterocycles. The molecule has 1 aliphatic rings. The predicted molar refractivity (Wildman–Crippen MR) is 71.8 cm³/mol. The Labute approximate surface area is 118 Å². The fourth-order valence-electron chi connectivity index (χ4n) is 1.72. The van der Waals surface area contributed by atoms with Crippen LogP contribution in [-0.2, 0) is 23.9 Å². The van der Waals surface area contributed by atoms with Crippen molar-refractivity contribution in [2.75, 3.05) is 26.4 Å². The number of amides is 2. The lowest BCUT2D eigenvalue weighted by Crippen LogP contribution is -2.33. The zero-order valence-electron chi connectivity index (χ0n) is 11.8. The van der Waals surface area contributed by atoms with Gasteiger partial charge in [-0.2, -0.15) is 0 Å². The summed E-state index contributed by atoms with van der Waals surface area (Å²) in [4.78, 5) is 34.8. The molecule has 0 saturated carbocycles. The van der Waals surface area contributed by atoms with E-state index in [0.29, 0.717) is 6.42 Å². The summed E-state index contributed by atoms with van der Waals surface area (Å²) in [5.41, 5.74) is 0. The lowest BCUT2D eigenvalue weighted by Gasteiger charge is -2.13. The molecular weight excluding hydrogens is 262 g/mol. The maximum absolute atomic E-state index is 11.3. The average molecular weight is 283 g/mol. The second-order valence-electron chi connectivity index (χ2n) is 4.45. The lowest BCUT2D eigenvalue weighted by molar-refractivity contribution is -0.145. The molecule has 0 radical (unpaired) electrons. The van der Waals surface area contributed by atoms with Gasteiger partial charge in [0.15, 0.2) is 0 Å². The normalized spacial score (nSPS) is 14.2. The van der Waals surface area contributed by atoms with Gasteiger partial charge in [0.05, 0.1) is 19.8 Å². The summed E-state index contributed by atoms with van der Waals surface area (Å²) >= 11 is 0. The van der Waals surface area contributed by atoms with Gasteiger partial charge in [-0.25, -0.2) is 0 Å². The standard InChI is InChI=1S/C14H21NO5/c1-2-3-4-5-14(18)20-11-10-19-9-8-15-12(16)6-7-13(15)17/h6-7H,2-5,8-11H2,1H3.